The molecule has 1 heterocycles. The Bertz CT molecular complexity index is 269. The summed E-state index contributed by atoms with van der Waals surface area (Å²) in [5.74, 6) is 0. The van der Waals surface area contributed by atoms with Gasteiger partial charge in [0.2, 0.25) is 0 Å². The quantitative estimate of drug-likeness (QED) is 0.725. The van der Waals surface area contributed by atoms with Crippen molar-refractivity contribution >= 4 is 24.0 Å². The number of rotatable bonds is 4. The van der Waals surface area contributed by atoms with Crippen molar-refractivity contribution < 1.29 is 0 Å². The number of hydrogen-bond donors (Lipinski definition) is 0. The Balaban J connectivity index is 3.27. The summed E-state index contributed by atoms with van der Waals surface area (Å²) < 4.78 is 1.45. The van der Waals surface area contributed by atoms with Crippen molar-refractivity contribution in [2.45, 2.75) is 58.2 Å². The van der Waals surface area contributed by atoms with E-state index >= 15 is 0 Å². The van der Waals surface area contributed by atoms with Gasteiger partial charge in [-0.25, -0.2) is 0 Å². The van der Waals surface area contributed by atoms with Gasteiger partial charge in [0.1, 0.15) is 8.07 Å². The Kier molecular flexibility index (Phi) is 4.12. The van der Waals surface area contributed by atoms with Gasteiger partial charge in [-0.2, -0.15) is 0 Å². The smallest absolute Gasteiger partial charge is 0.131 e. The maximum absolute atomic E-state index is 4.63. The van der Waals surface area contributed by atoms with Gasteiger partial charge in [-0.3, -0.25) is 4.98 Å². The molecule has 0 aliphatic rings. The summed E-state index contributed by atoms with van der Waals surface area (Å²) in [6.07, 6.45) is 1.97. The van der Waals surface area contributed by atoms with Gasteiger partial charge in [0, 0.05) is 11.6 Å². The van der Waals surface area contributed by atoms with Crippen molar-refractivity contribution in [3.05, 3.63) is 11.6 Å². The average molecular weight is 241 g/mol. The highest BCUT2D eigenvalue weighted by Crippen LogP contribution is 2.41. The molecular weight excluding hydrogens is 218 g/mol. The summed E-state index contributed by atoms with van der Waals surface area (Å²) >= 11 is 1.87. The van der Waals surface area contributed by atoms with Crippen molar-refractivity contribution in [2.75, 3.05) is 0 Å². The molecule has 15 heavy (non-hydrogen) atoms. The van der Waals surface area contributed by atoms with Crippen molar-refractivity contribution in [1.82, 2.24) is 4.98 Å². The first-order valence-corrected chi connectivity index (χ1v) is 8.95. The number of hydrogen-bond acceptors (Lipinski definition) is 2. The maximum Gasteiger partial charge on any atom is 0.131 e. The van der Waals surface area contributed by atoms with Gasteiger partial charge in [-0.1, -0.05) is 41.5 Å². The summed E-state index contributed by atoms with van der Waals surface area (Å²) in [7, 11) is -1.44. The highest BCUT2D eigenvalue weighted by molar-refractivity contribution is 7.25. The molecule has 0 bridgehead atoms. The van der Waals surface area contributed by atoms with Crippen LogP contribution in [0.5, 0.6) is 0 Å². The van der Waals surface area contributed by atoms with Crippen LogP contribution < -0.4 is 4.63 Å². The van der Waals surface area contributed by atoms with Crippen molar-refractivity contribution in [3.63, 3.8) is 0 Å². The molecule has 0 aliphatic heterocycles. The maximum atomic E-state index is 4.63. The monoisotopic (exact) mass is 241 g/mol. The Morgan fingerprint density at radius 2 is 1.47 bits per heavy atom. The van der Waals surface area contributed by atoms with E-state index in [1.165, 1.54) is 4.63 Å². The second kappa shape index (κ2) is 4.79. The van der Waals surface area contributed by atoms with Gasteiger partial charge < -0.3 is 0 Å². The molecule has 0 unspecified atom stereocenters. The summed E-state index contributed by atoms with van der Waals surface area (Å²) in [6, 6.07) is 0. The van der Waals surface area contributed by atoms with Gasteiger partial charge in [0.25, 0.3) is 0 Å². The van der Waals surface area contributed by atoms with Crippen LogP contribution in [0, 0.1) is 0 Å². The molecule has 1 rings (SSSR count). The molecule has 1 aromatic rings. The molecule has 0 radical (unpaired) electrons. The van der Waals surface area contributed by atoms with Gasteiger partial charge in [0.15, 0.2) is 0 Å². The van der Waals surface area contributed by atoms with E-state index in [9.17, 15) is 0 Å². The van der Waals surface area contributed by atoms with E-state index in [0.29, 0.717) is 0 Å². The molecule has 0 amide bonds. The topological polar surface area (TPSA) is 12.9 Å². The molecule has 0 N–H and O–H groups in total. The number of nitrogens with zero attached hydrogens (tertiary/aromatic N) is 1. The van der Waals surface area contributed by atoms with E-state index in [1.54, 1.807) is 0 Å². The van der Waals surface area contributed by atoms with Gasteiger partial charge in [-0.15, -0.1) is 11.3 Å². The molecule has 0 aliphatic carbocycles. The summed E-state index contributed by atoms with van der Waals surface area (Å²) in [5.41, 5.74) is 2.30. The van der Waals surface area contributed by atoms with Crippen LogP contribution in [-0.4, -0.2) is 13.1 Å². The van der Waals surface area contributed by atoms with Gasteiger partial charge in [-0.05, 0) is 16.6 Å². The minimum atomic E-state index is -1.44. The molecule has 0 spiro atoms. The second-order valence-corrected chi connectivity index (χ2v) is 12.3. The van der Waals surface area contributed by atoms with E-state index in [-0.39, 0.29) is 0 Å². The molecular formula is C12H23NSSi. The number of aromatic nitrogens is 1. The number of thiazole rings is 1. The Morgan fingerprint density at radius 3 is 1.73 bits per heavy atom. The molecule has 0 saturated heterocycles. The van der Waals surface area contributed by atoms with E-state index in [4.69, 9.17) is 0 Å². The third-order valence-electron chi connectivity index (χ3n) is 3.67. The minimum absolute atomic E-state index is 0.767. The molecule has 1 nitrogen and oxygen atoms in total. The Morgan fingerprint density at radius 1 is 1.00 bits per heavy atom. The average Bonchev–Trinajstić information content (AvgIpc) is 2.55. The van der Waals surface area contributed by atoms with Gasteiger partial charge in [0.05, 0.1) is 4.63 Å². The Hall–Kier alpha value is -0.153. The lowest BCUT2D eigenvalue weighted by atomic mass is 10.5. The first-order valence-electron chi connectivity index (χ1n) is 5.84. The van der Waals surface area contributed by atoms with Crippen LogP contribution in [0.1, 0.15) is 41.5 Å². The SMILES string of the molecule is CC(C)[Si](c1nccs1)(C(C)C)C(C)C. The van der Waals surface area contributed by atoms with Crippen LogP contribution in [0.25, 0.3) is 0 Å². The van der Waals surface area contributed by atoms with E-state index in [1.807, 2.05) is 17.5 Å². The lowest BCUT2D eigenvalue weighted by Gasteiger charge is -2.41. The Labute approximate surface area is 99.0 Å². The molecule has 1 aromatic heterocycles. The molecule has 0 atom stereocenters. The third kappa shape index (κ3) is 2.04. The first kappa shape index (κ1) is 12.9. The predicted octanol–water partition coefficient (Wildman–Crippen LogP) is 4.03. The second-order valence-electron chi connectivity index (χ2n) is 5.23. The first-order chi connectivity index (χ1) is 6.94. The lowest BCUT2D eigenvalue weighted by molar-refractivity contribution is 0.834. The zero-order valence-corrected chi connectivity index (χ0v) is 12.6. The summed E-state index contributed by atoms with van der Waals surface area (Å²) in [5, 5.41) is 2.13. The fourth-order valence-electron chi connectivity index (χ4n) is 3.18. The standard InChI is InChI=1S/C12H23NSSi/c1-9(2)15(10(3)4,11(5)6)12-13-7-8-14-12/h7-11H,1-6H3. The normalized spacial score (nSPS) is 13.1. The predicted molar refractivity (Wildman–Crippen MR) is 72.8 cm³/mol. The van der Waals surface area contributed by atoms with Crippen molar-refractivity contribution in [1.29, 1.82) is 0 Å². The largest absolute Gasteiger partial charge is 0.255 e. The van der Waals surface area contributed by atoms with Crippen molar-refractivity contribution in [3.8, 4) is 0 Å². The van der Waals surface area contributed by atoms with E-state index in [2.05, 4.69) is 51.9 Å². The van der Waals surface area contributed by atoms with E-state index < -0.39 is 8.07 Å². The fourth-order valence-corrected chi connectivity index (χ4v) is 12.5. The molecule has 3 heteroatoms. The minimum Gasteiger partial charge on any atom is -0.255 e. The highest BCUT2D eigenvalue weighted by atomic mass is 32.1. The molecule has 0 saturated carbocycles. The lowest BCUT2D eigenvalue weighted by Crippen LogP contribution is -2.55. The zero-order valence-electron chi connectivity index (χ0n) is 10.7. The van der Waals surface area contributed by atoms with E-state index in [0.717, 1.165) is 16.6 Å². The third-order valence-corrected chi connectivity index (χ3v) is 12.3. The van der Waals surface area contributed by atoms with Crippen molar-refractivity contribution in [2.24, 2.45) is 0 Å². The van der Waals surface area contributed by atoms with Crippen LogP contribution in [0.4, 0.5) is 0 Å². The fraction of sp³-hybridized carbons (Fsp3) is 0.750. The molecule has 0 fully saturated rings. The summed E-state index contributed by atoms with van der Waals surface area (Å²) in [6.45, 7) is 14.3. The highest BCUT2D eigenvalue weighted by Gasteiger charge is 2.46. The van der Waals surface area contributed by atoms with Crippen LogP contribution in [0.15, 0.2) is 11.6 Å². The zero-order chi connectivity index (χ0) is 11.6. The molecule has 86 valence electrons. The van der Waals surface area contributed by atoms with Crippen LogP contribution in [0.3, 0.4) is 0 Å². The van der Waals surface area contributed by atoms with Crippen LogP contribution in [0.2, 0.25) is 16.6 Å². The van der Waals surface area contributed by atoms with Crippen LogP contribution >= 0.6 is 11.3 Å². The molecule has 0 aromatic carbocycles. The van der Waals surface area contributed by atoms with Crippen LogP contribution in [-0.2, 0) is 0 Å². The van der Waals surface area contributed by atoms with Gasteiger partial charge >= 0.3 is 0 Å². The summed E-state index contributed by atoms with van der Waals surface area (Å²) in [4.78, 5) is 4.63.